The minimum atomic E-state index is -3.57. The third-order valence-electron chi connectivity index (χ3n) is 4.19. The van der Waals surface area contributed by atoms with Crippen molar-refractivity contribution in [3.8, 4) is 11.1 Å². The van der Waals surface area contributed by atoms with Gasteiger partial charge in [0.25, 0.3) is 0 Å². The van der Waals surface area contributed by atoms with E-state index in [-0.39, 0.29) is 11.4 Å². The molecule has 3 rings (SSSR count). The van der Waals surface area contributed by atoms with Crippen molar-refractivity contribution in [1.29, 1.82) is 0 Å². The van der Waals surface area contributed by atoms with E-state index < -0.39 is 10.0 Å². The third-order valence-corrected chi connectivity index (χ3v) is 5.67. The van der Waals surface area contributed by atoms with Crippen molar-refractivity contribution in [3.63, 3.8) is 0 Å². The summed E-state index contributed by atoms with van der Waals surface area (Å²) in [5, 5.41) is 6.26. The Morgan fingerprint density at radius 1 is 0.828 bits per heavy atom. The van der Waals surface area contributed by atoms with Crippen molar-refractivity contribution in [1.82, 2.24) is 14.7 Å². The number of aromatic nitrogens is 2. The minimum absolute atomic E-state index is 0.238. The summed E-state index contributed by atoms with van der Waals surface area (Å²) in [4.78, 5) is 8.83. The second-order valence-corrected chi connectivity index (χ2v) is 8.20. The molecule has 0 aliphatic rings. The van der Waals surface area contributed by atoms with Crippen LogP contribution in [-0.2, 0) is 10.0 Å². The second kappa shape index (κ2) is 9.49. The van der Waals surface area contributed by atoms with E-state index in [0.717, 1.165) is 23.5 Å². The van der Waals surface area contributed by atoms with Crippen molar-refractivity contribution >= 4 is 21.7 Å². The van der Waals surface area contributed by atoms with E-state index in [0.29, 0.717) is 18.2 Å². The highest BCUT2D eigenvalue weighted by molar-refractivity contribution is 7.89. The predicted molar refractivity (Wildman–Crippen MR) is 116 cm³/mol. The van der Waals surface area contributed by atoms with E-state index in [2.05, 4.69) is 25.3 Å². The van der Waals surface area contributed by atoms with Gasteiger partial charge in [-0.2, -0.15) is 0 Å². The van der Waals surface area contributed by atoms with Gasteiger partial charge >= 0.3 is 0 Å². The molecule has 0 fully saturated rings. The molecule has 0 aliphatic heterocycles. The zero-order valence-corrected chi connectivity index (χ0v) is 17.3. The number of nitrogens with zero attached hydrogens (tertiary/aromatic N) is 2. The Bertz CT molecular complexity index is 1040. The lowest BCUT2D eigenvalue weighted by Crippen LogP contribution is -2.29. The fourth-order valence-corrected chi connectivity index (χ4v) is 3.88. The number of benzene rings is 2. The third kappa shape index (κ3) is 5.75. The summed E-state index contributed by atoms with van der Waals surface area (Å²) in [6.45, 7) is 5.21. The van der Waals surface area contributed by atoms with E-state index in [1.807, 2.05) is 56.3 Å². The lowest BCUT2D eigenvalue weighted by atomic mass is 10.1. The topological polar surface area (TPSA) is 96.0 Å². The van der Waals surface area contributed by atoms with Gasteiger partial charge < -0.3 is 10.6 Å². The Morgan fingerprint density at radius 3 is 2.10 bits per heavy atom. The summed E-state index contributed by atoms with van der Waals surface area (Å²) in [7, 11) is -3.57. The fourth-order valence-electron chi connectivity index (χ4n) is 2.85. The molecule has 0 saturated carbocycles. The molecule has 7 nitrogen and oxygen atoms in total. The number of rotatable bonds is 9. The molecule has 8 heteroatoms. The standard InChI is InChI=1S/C21H25N5O2S/c1-3-22-20-15-21(26-16(2)25-20)23-13-14-24-29(27,28)19-11-9-18(10-12-19)17-7-5-4-6-8-17/h4-12,15,24H,3,13-14H2,1-2H3,(H2,22,23,25,26). The molecule has 0 bridgehead atoms. The van der Waals surface area contributed by atoms with Gasteiger partial charge in [-0.15, -0.1) is 0 Å². The van der Waals surface area contributed by atoms with Gasteiger partial charge in [0.05, 0.1) is 4.90 Å². The predicted octanol–water partition coefficient (Wildman–Crippen LogP) is 3.27. The zero-order valence-electron chi connectivity index (χ0n) is 16.5. The van der Waals surface area contributed by atoms with Gasteiger partial charge in [-0.3, -0.25) is 0 Å². The molecule has 29 heavy (non-hydrogen) atoms. The Labute approximate surface area is 171 Å². The Hall–Kier alpha value is -2.97. The molecule has 3 aromatic rings. The molecule has 1 aromatic heterocycles. The van der Waals surface area contributed by atoms with E-state index in [9.17, 15) is 8.42 Å². The van der Waals surface area contributed by atoms with Gasteiger partial charge in [0.15, 0.2) is 0 Å². The molecule has 152 valence electrons. The molecule has 3 N–H and O–H groups in total. The van der Waals surface area contributed by atoms with Gasteiger partial charge in [-0.1, -0.05) is 42.5 Å². The summed E-state index contributed by atoms with van der Waals surface area (Å²) in [5.41, 5.74) is 2.02. The number of hydrogen-bond acceptors (Lipinski definition) is 6. The number of hydrogen-bond donors (Lipinski definition) is 3. The lowest BCUT2D eigenvalue weighted by Gasteiger charge is -2.11. The van der Waals surface area contributed by atoms with Crippen molar-refractivity contribution in [3.05, 3.63) is 66.5 Å². The van der Waals surface area contributed by atoms with Crippen LogP contribution in [0.4, 0.5) is 11.6 Å². The second-order valence-electron chi connectivity index (χ2n) is 6.43. The lowest BCUT2D eigenvalue weighted by molar-refractivity contribution is 0.583. The first-order valence-corrected chi connectivity index (χ1v) is 10.9. The summed E-state index contributed by atoms with van der Waals surface area (Å²) in [6, 6.07) is 18.5. The summed E-state index contributed by atoms with van der Waals surface area (Å²) >= 11 is 0. The van der Waals surface area contributed by atoms with Crippen LogP contribution >= 0.6 is 0 Å². The molecular formula is C21H25N5O2S. The maximum Gasteiger partial charge on any atom is 0.240 e. The fraction of sp³-hybridized carbons (Fsp3) is 0.238. The van der Waals surface area contributed by atoms with Crippen molar-refractivity contribution < 1.29 is 8.42 Å². The molecule has 2 aromatic carbocycles. The van der Waals surface area contributed by atoms with E-state index in [1.165, 1.54) is 0 Å². The number of anilines is 2. The highest BCUT2D eigenvalue weighted by atomic mass is 32.2. The zero-order chi connectivity index (χ0) is 20.7. The van der Waals surface area contributed by atoms with Gasteiger partial charge in [0, 0.05) is 25.7 Å². The van der Waals surface area contributed by atoms with Gasteiger partial charge in [0.1, 0.15) is 17.5 Å². The van der Waals surface area contributed by atoms with E-state index >= 15 is 0 Å². The molecular weight excluding hydrogens is 386 g/mol. The normalized spacial score (nSPS) is 11.2. The smallest absolute Gasteiger partial charge is 0.240 e. The monoisotopic (exact) mass is 411 g/mol. The summed E-state index contributed by atoms with van der Waals surface area (Å²) < 4.78 is 27.6. The average Bonchev–Trinajstić information content (AvgIpc) is 2.72. The maximum absolute atomic E-state index is 12.5. The Morgan fingerprint density at radius 2 is 1.45 bits per heavy atom. The van der Waals surface area contributed by atoms with Crippen LogP contribution in [0, 0.1) is 6.92 Å². The summed E-state index contributed by atoms with van der Waals surface area (Å²) in [6.07, 6.45) is 0. The van der Waals surface area contributed by atoms with Crippen molar-refractivity contribution in [2.45, 2.75) is 18.7 Å². The molecule has 0 saturated heterocycles. The van der Waals surface area contributed by atoms with Crippen LogP contribution in [-0.4, -0.2) is 38.0 Å². The van der Waals surface area contributed by atoms with Crippen molar-refractivity contribution in [2.24, 2.45) is 0 Å². The maximum atomic E-state index is 12.5. The molecule has 0 atom stereocenters. The Balaban J connectivity index is 1.56. The van der Waals surface area contributed by atoms with Crippen LogP contribution in [0.3, 0.4) is 0 Å². The van der Waals surface area contributed by atoms with E-state index in [1.54, 1.807) is 18.2 Å². The number of nitrogens with one attached hydrogen (secondary N) is 3. The molecule has 0 radical (unpaired) electrons. The summed E-state index contributed by atoms with van der Waals surface area (Å²) in [5.74, 6) is 2.03. The quantitative estimate of drug-likeness (QED) is 0.468. The van der Waals surface area contributed by atoms with Crippen LogP contribution in [0.15, 0.2) is 65.6 Å². The molecule has 0 aliphatic carbocycles. The van der Waals surface area contributed by atoms with Crippen LogP contribution in [0.1, 0.15) is 12.7 Å². The number of aryl methyl sites for hydroxylation is 1. The van der Waals surface area contributed by atoms with E-state index in [4.69, 9.17) is 0 Å². The SMILES string of the molecule is CCNc1cc(NCCNS(=O)(=O)c2ccc(-c3ccccc3)cc2)nc(C)n1. The molecule has 0 unspecified atom stereocenters. The Kier molecular flexibility index (Phi) is 6.79. The van der Waals surface area contributed by atoms with Gasteiger partial charge in [-0.25, -0.2) is 23.1 Å². The van der Waals surface area contributed by atoms with Crippen LogP contribution in [0.2, 0.25) is 0 Å². The van der Waals surface area contributed by atoms with Gasteiger partial charge in [0.2, 0.25) is 10.0 Å². The largest absolute Gasteiger partial charge is 0.370 e. The number of sulfonamides is 1. The van der Waals surface area contributed by atoms with Gasteiger partial charge in [-0.05, 0) is 37.1 Å². The molecule has 0 spiro atoms. The molecule has 1 heterocycles. The van der Waals surface area contributed by atoms with Crippen LogP contribution in [0.5, 0.6) is 0 Å². The highest BCUT2D eigenvalue weighted by Crippen LogP contribution is 2.20. The highest BCUT2D eigenvalue weighted by Gasteiger charge is 2.13. The van der Waals surface area contributed by atoms with Crippen LogP contribution in [0.25, 0.3) is 11.1 Å². The molecule has 0 amide bonds. The average molecular weight is 412 g/mol. The van der Waals surface area contributed by atoms with Crippen LogP contribution < -0.4 is 15.4 Å². The first-order chi connectivity index (χ1) is 14.0. The van der Waals surface area contributed by atoms with Crippen molar-refractivity contribution in [2.75, 3.05) is 30.3 Å². The first kappa shape index (κ1) is 20.8. The minimum Gasteiger partial charge on any atom is -0.370 e. The first-order valence-electron chi connectivity index (χ1n) is 9.46.